The number of likely N-dealkylation sites (N-methyl/N-ethyl adjacent to an activating group) is 1. The molecule has 4 nitrogen and oxygen atoms in total. The monoisotopic (exact) mass is 255 g/mol. The molecule has 2 unspecified atom stereocenters. The normalized spacial score (nSPS) is 33.7. The molecule has 0 radical (unpaired) electrons. The molecule has 2 N–H and O–H groups in total. The number of carbonyl (C=O) groups is 1. The summed E-state index contributed by atoms with van der Waals surface area (Å²) in [6, 6.07) is 0. The molecule has 0 aliphatic heterocycles. The van der Waals surface area contributed by atoms with Crippen LogP contribution in [0.3, 0.4) is 0 Å². The molecule has 0 spiro atoms. The molecular formula is C14H25NO3. The lowest BCUT2D eigenvalue weighted by molar-refractivity contribution is -0.149. The van der Waals surface area contributed by atoms with Crippen molar-refractivity contribution in [3.8, 4) is 0 Å². The maximum atomic E-state index is 11.4. The van der Waals surface area contributed by atoms with Gasteiger partial charge in [-0.25, -0.2) is 0 Å². The van der Waals surface area contributed by atoms with Crippen LogP contribution in [0.2, 0.25) is 0 Å². The third kappa shape index (κ3) is 3.04. The van der Waals surface area contributed by atoms with E-state index >= 15 is 0 Å². The fourth-order valence-electron chi connectivity index (χ4n) is 3.34. The van der Waals surface area contributed by atoms with Crippen molar-refractivity contribution >= 4 is 5.97 Å². The van der Waals surface area contributed by atoms with E-state index in [4.69, 9.17) is 4.74 Å². The van der Waals surface area contributed by atoms with Gasteiger partial charge in [0.25, 0.3) is 0 Å². The van der Waals surface area contributed by atoms with Crippen LogP contribution in [-0.4, -0.2) is 36.4 Å². The van der Waals surface area contributed by atoms with Crippen molar-refractivity contribution in [2.24, 2.45) is 5.92 Å². The average Bonchev–Trinajstić information content (AvgIpc) is 2.89. The Balaban J connectivity index is 1.83. The van der Waals surface area contributed by atoms with Crippen LogP contribution < -0.4 is 5.32 Å². The summed E-state index contributed by atoms with van der Waals surface area (Å²) in [7, 11) is 1.74. The Morgan fingerprint density at radius 2 is 2.06 bits per heavy atom. The summed E-state index contributed by atoms with van der Waals surface area (Å²) in [5, 5.41) is 12.4. The quantitative estimate of drug-likeness (QED) is 0.790. The van der Waals surface area contributed by atoms with E-state index < -0.39 is 11.5 Å². The second-order valence-corrected chi connectivity index (χ2v) is 5.84. The highest BCUT2D eigenvalue weighted by Crippen LogP contribution is 2.32. The van der Waals surface area contributed by atoms with Crippen LogP contribution in [-0.2, 0) is 9.53 Å². The molecule has 0 aromatic rings. The fraction of sp³-hybridized carbons (Fsp3) is 0.929. The van der Waals surface area contributed by atoms with Gasteiger partial charge in [-0.15, -0.1) is 0 Å². The number of hydrogen-bond acceptors (Lipinski definition) is 3. The minimum Gasteiger partial charge on any atom is -0.480 e. The van der Waals surface area contributed by atoms with Crippen molar-refractivity contribution in [3.05, 3.63) is 0 Å². The van der Waals surface area contributed by atoms with Crippen LogP contribution in [0.15, 0.2) is 0 Å². The summed E-state index contributed by atoms with van der Waals surface area (Å²) in [5.41, 5.74) is -0.765. The second-order valence-electron chi connectivity index (χ2n) is 5.84. The van der Waals surface area contributed by atoms with Crippen molar-refractivity contribution in [1.29, 1.82) is 0 Å². The maximum absolute atomic E-state index is 11.4. The molecule has 0 amide bonds. The van der Waals surface area contributed by atoms with Crippen LogP contribution in [0.4, 0.5) is 0 Å². The molecule has 0 saturated heterocycles. The number of nitrogens with one attached hydrogen (secondary N) is 1. The smallest absolute Gasteiger partial charge is 0.323 e. The summed E-state index contributed by atoms with van der Waals surface area (Å²) in [5.74, 6) is -0.0279. The molecule has 0 aromatic heterocycles. The summed E-state index contributed by atoms with van der Waals surface area (Å²) in [4.78, 5) is 11.4. The maximum Gasteiger partial charge on any atom is 0.323 e. The van der Waals surface area contributed by atoms with Gasteiger partial charge in [0.1, 0.15) is 5.54 Å². The lowest BCUT2D eigenvalue weighted by Gasteiger charge is -2.37. The minimum atomic E-state index is -0.765. The van der Waals surface area contributed by atoms with Gasteiger partial charge >= 0.3 is 5.97 Å². The van der Waals surface area contributed by atoms with E-state index in [0.29, 0.717) is 18.8 Å². The highest BCUT2D eigenvalue weighted by Gasteiger charge is 2.42. The predicted octanol–water partition coefficient (Wildman–Crippen LogP) is 2.18. The molecule has 4 heteroatoms. The Hall–Kier alpha value is -0.610. The lowest BCUT2D eigenvalue weighted by Crippen LogP contribution is -2.54. The third-order valence-corrected chi connectivity index (χ3v) is 4.64. The van der Waals surface area contributed by atoms with Crippen molar-refractivity contribution < 1.29 is 14.6 Å². The Morgan fingerprint density at radius 1 is 1.33 bits per heavy atom. The molecule has 18 heavy (non-hydrogen) atoms. The van der Waals surface area contributed by atoms with E-state index in [9.17, 15) is 9.90 Å². The summed E-state index contributed by atoms with van der Waals surface area (Å²) in [6.07, 6.45) is 8.58. The number of hydrogen-bond donors (Lipinski definition) is 2. The average molecular weight is 255 g/mol. The lowest BCUT2D eigenvalue weighted by atomic mass is 9.80. The Bertz CT molecular complexity index is 289. The van der Waals surface area contributed by atoms with Crippen molar-refractivity contribution in [1.82, 2.24) is 5.32 Å². The SMILES string of the molecule is CNC1(C(=O)O)CCCC(OCC2CCCC2)C1. The minimum absolute atomic E-state index is 0.114. The van der Waals surface area contributed by atoms with Crippen LogP contribution in [0.1, 0.15) is 51.4 Å². The van der Waals surface area contributed by atoms with Crippen LogP contribution in [0.5, 0.6) is 0 Å². The molecule has 0 bridgehead atoms. The van der Waals surface area contributed by atoms with Crippen LogP contribution in [0.25, 0.3) is 0 Å². The number of ether oxygens (including phenoxy) is 1. The standard InChI is InChI=1S/C14H25NO3/c1-15-14(13(16)17)8-4-7-12(9-14)18-10-11-5-2-3-6-11/h11-12,15H,2-10H2,1H3,(H,16,17). The molecule has 2 saturated carbocycles. The Morgan fingerprint density at radius 3 is 2.67 bits per heavy atom. The number of carboxylic acids is 1. The van der Waals surface area contributed by atoms with E-state index in [2.05, 4.69) is 5.32 Å². The van der Waals surface area contributed by atoms with Crippen molar-refractivity contribution in [2.45, 2.75) is 63.0 Å². The highest BCUT2D eigenvalue weighted by molar-refractivity contribution is 5.79. The summed E-state index contributed by atoms with van der Waals surface area (Å²) >= 11 is 0. The van der Waals surface area contributed by atoms with Gasteiger partial charge in [-0.1, -0.05) is 12.8 Å². The van der Waals surface area contributed by atoms with Gasteiger partial charge in [0, 0.05) is 13.0 Å². The zero-order chi connectivity index (χ0) is 13.0. The topological polar surface area (TPSA) is 58.6 Å². The molecule has 0 aromatic carbocycles. The zero-order valence-corrected chi connectivity index (χ0v) is 11.3. The number of rotatable bonds is 5. The molecule has 0 heterocycles. The van der Waals surface area contributed by atoms with Gasteiger partial charge in [-0.2, -0.15) is 0 Å². The van der Waals surface area contributed by atoms with Gasteiger partial charge in [-0.05, 0) is 45.1 Å². The Kier molecular flexibility index (Phi) is 4.62. The van der Waals surface area contributed by atoms with Gasteiger partial charge in [-0.3, -0.25) is 4.79 Å². The summed E-state index contributed by atoms with van der Waals surface area (Å²) < 4.78 is 5.97. The molecule has 104 valence electrons. The van der Waals surface area contributed by atoms with Crippen LogP contribution in [0, 0.1) is 5.92 Å². The molecule has 2 rings (SSSR count). The van der Waals surface area contributed by atoms with Crippen LogP contribution >= 0.6 is 0 Å². The largest absolute Gasteiger partial charge is 0.480 e. The highest BCUT2D eigenvalue weighted by atomic mass is 16.5. The van der Waals surface area contributed by atoms with E-state index in [1.165, 1.54) is 25.7 Å². The number of carboxylic acid groups (broad SMARTS) is 1. The van der Waals surface area contributed by atoms with E-state index in [1.54, 1.807) is 7.05 Å². The van der Waals surface area contributed by atoms with Gasteiger partial charge < -0.3 is 15.2 Å². The Labute approximate surface area is 109 Å². The van der Waals surface area contributed by atoms with E-state index in [0.717, 1.165) is 19.4 Å². The predicted molar refractivity (Wildman–Crippen MR) is 69.6 cm³/mol. The fourth-order valence-corrected chi connectivity index (χ4v) is 3.34. The zero-order valence-electron chi connectivity index (χ0n) is 11.3. The van der Waals surface area contributed by atoms with Crippen molar-refractivity contribution in [3.63, 3.8) is 0 Å². The third-order valence-electron chi connectivity index (χ3n) is 4.64. The molecular weight excluding hydrogens is 230 g/mol. The number of aliphatic carboxylic acids is 1. The second kappa shape index (κ2) is 6.02. The first-order chi connectivity index (χ1) is 8.66. The van der Waals surface area contributed by atoms with Gasteiger partial charge in [0.05, 0.1) is 6.10 Å². The molecule has 2 aliphatic carbocycles. The van der Waals surface area contributed by atoms with Crippen molar-refractivity contribution in [2.75, 3.05) is 13.7 Å². The first-order valence-electron chi connectivity index (χ1n) is 7.20. The van der Waals surface area contributed by atoms with Gasteiger partial charge in [0.2, 0.25) is 0 Å². The summed E-state index contributed by atoms with van der Waals surface area (Å²) in [6.45, 7) is 0.823. The first-order valence-corrected chi connectivity index (χ1v) is 7.20. The molecule has 2 fully saturated rings. The van der Waals surface area contributed by atoms with E-state index in [-0.39, 0.29) is 6.10 Å². The molecule has 2 aliphatic rings. The van der Waals surface area contributed by atoms with Gasteiger partial charge in [0.15, 0.2) is 0 Å². The van der Waals surface area contributed by atoms with E-state index in [1.807, 2.05) is 0 Å². The first kappa shape index (κ1) is 13.8. The molecule has 2 atom stereocenters.